The van der Waals surface area contributed by atoms with Crippen molar-refractivity contribution in [3.05, 3.63) is 12.2 Å². The number of hydrogen-bond donors (Lipinski definition) is 2. The monoisotopic (exact) mass is 256 g/mol. The zero-order valence-corrected chi connectivity index (χ0v) is 10.1. The molecule has 1 heterocycles. The van der Waals surface area contributed by atoms with Crippen LogP contribution >= 0.6 is 0 Å². The Morgan fingerprint density at radius 2 is 2.17 bits per heavy atom. The third-order valence-electron chi connectivity index (χ3n) is 2.58. The number of urea groups is 1. The van der Waals surface area contributed by atoms with E-state index in [0.717, 1.165) is 12.5 Å². The Hall–Kier alpha value is -1.89. The van der Waals surface area contributed by atoms with E-state index in [0.29, 0.717) is 25.8 Å². The van der Waals surface area contributed by atoms with E-state index in [1.807, 2.05) is 0 Å². The van der Waals surface area contributed by atoms with Crippen LogP contribution in [0.3, 0.4) is 0 Å². The third-order valence-corrected chi connectivity index (χ3v) is 2.58. The first-order chi connectivity index (χ1) is 8.52. The second-order valence-electron chi connectivity index (χ2n) is 4.02. The Balaban J connectivity index is 2.38. The first-order valence-corrected chi connectivity index (χ1v) is 5.52. The standard InChI is InChI=1S/C11H16N2O5/c1-18-7-8-4-5-13(6-8)11(17)12-9(14)2-3-10(15)16/h2-3,8H,4-7H2,1H3,(H,15,16)(H,12,14,17). The quantitative estimate of drug-likeness (QED) is 0.681. The maximum Gasteiger partial charge on any atom is 0.328 e. The summed E-state index contributed by atoms with van der Waals surface area (Å²) in [5, 5.41) is 10.4. The summed E-state index contributed by atoms with van der Waals surface area (Å²) < 4.78 is 5.00. The number of carboxylic acids is 1. The number of amides is 3. The topological polar surface area (TPSA) is 95.9 Å². The van der Waals surface area contributed by atoms with Gasteiger partial charge < -0.3 is 14.7 Å². The first kappa shape index (κ1) is 14.2. The van der Waals surface area contributed by atoms with E-state index >= 15 is 0 Å². The molecule has 0 aliphatic carbocycles. The molecule has 2 N–H and O–H groups in total. The molecule has 0 spiro atoms. The molecule has 1 atom stereocenters. The van der Waals surface area contributed by atoms with E-state index in [-0.39, 0.29) is 5.92 Å². The normalized spacial score (nSPS) is 19.2. The minimum absolute atomic E-state index is 0.283. The second kappa shape index (κ2) is 6.75. The summed E-state index contributed by atoms with van der Waals surface area (Å²) in [5.74, 6) is -1.69. The van der Waals surface area contributed by atoms with Gasteiger partial charge in [0, 0.05) is 38.3 Å². The van der Waals surface area contributed by atoms with Crippen molar-refractivity contribution in [2.45, 2.75) is 6.42 Å². The molecule has 0 bridgehead atoms. The molecule has 0 aromatic heterocycles. The maximum absolute atomic E-state index is 11.6. The molecular formula is C11H16N2O5. The molecule has 7 heteroatoms. The van der Waals surface area contributed by atoms with Gasteiger partial charge in [-0.1, -0.05) is 0 Å². The Kier molecular flexibility index (Phi) is 5.31. The minimum Gasteiger partial charge on any atom is -0.478 e. The number of nitrogens with one attached hydrogen (secondary N) is 1. The van der Waals surface area contributed by atoms with Crippen molar-refractivity contribution in [2.75, 3.05) is 26.8 Å². The number of carbonyl (C=O) groups excluding carboxylic acids is 2. The van der Waals surface area contributed by atoms with Gasteiger partial charge in [0.15, 0.2) is 0 Å². The molecule has 1 aliphatic rings. The van der Waals surface area contributed by atoms with Gasteiger partial charge in [0.05, 0.1) is 6.61 Å². The Morgan fingerprint density at radius 3 is 2.78 bits per heavy atom. The van der Waals surface area contributed by atoms with Gasteiger partial charge in [-0.05, 0) is 6.42 Å². The highest BCUT2D eigenvalue weighted by atomic mass is 16.5. The summed E-state index contributed by atoms with van der Waals surface area (Å²) in [6, 6.07) is -0.506. The highest BCUT2D eigenvalue weighted by Gasteiger charge is 2.26. The number of nitrogens with zero attached hydrogens (tertiary/aromatic N) is 1. The molecule has 0 aromatic rings. The number of carbonyl (C=O) groups is 3. The van der Waals surface area contributed by atoms with Crippen molar-refractivity contribution in [1.82, 2.24) is 10.2 Å². The van der Waals surface area contributed by atoms with E-state index in [1.54, 1.807) is 7.11 Å². The van der Waals surface area contributed by atoms with Crippen LogP contribution in [0, 0.1) is 5.92 Å². The van der Waals surface area contributed by atoms with Crippen LogP contribution < -0.4 is 5.32 Å². The molecule has 1 aliphatic heterocycles. The van der Waals surface area contributed by atoms with Crippen LogP contribution in [0.4, 0.5) is 4.79 Å². The summed E-state index contributed by atoms with van der Waals surface area (Å²) in [6.07, 6.45) is 2.32. The van der Waals surface area contributed by atoms with E-state index in [1.165, 1.54) is 4.90 Å². The Bertz CT molecular complexity index is 366. The zero-order valence-electron chi connectivity index (χ0n) is 10.1. The van der Waals surface area contributed by atoms with Gasteiger partial charge in [-0.15, -0.1) is 0 Å². The van der Waals surface area contributed by atoms with Crippen molar-refractivity contribution in [1.29, 1.82) is 0 Å². The van der Waals surface area contributed by atoms with Crippen molar-refractivity contribution in [2.24, 2.45) is 5.92 Å². The third kappa shape index (κ3) is 4.54. The van der Waals surface area contributed by atoms with Gasteiger partial charge in [-0.25, -0.2) is 9.59 Å². The van der Waals surface area contributed by atoms with Crippen molar-refractivity contribution < 1.29 is 24.2 Å². The molecule has 3 amide bonds. The number of hydrogen-bond acceptors (Lipinski definition) is 4. The fraction of sp³-hybridized carbons (Fsp3) is 0.545. The number of rotatable bonds is 4. The number of imide groups is 1. The lowest BCUT2D eigenvalue weighted by Gasteiger charge is -2.15. The predicted molar refractivity (Wildman–Crippen MR) is 61.9 cm³/mol. The number of methoxy groups -OCH3 is 1. The molecule has 1 unspecified atom stereocenters. The SMILES string of the molecule is COCC1CCN(C(=O)NC(=O)C=CC(=O)O)C1. The molecule has 0 radical (unpaired) electrons. The van der Waals surface area contributed by atoms with E-state index in [4.69, 9.17) is 9.84 Å². The first-order valence-electron chi connectivity index (χ1n) is 5.52. The fourth-order valence-corrected chi connectivity index (χ4v) is 1.76. The van der Waals surface area contributed by atoms with Crippen LogP contribution in [0.5, 0.6) is 0 Å². The van der Waals surface area contributed by atoms with E-state index < -0.39 is 17.9 Å². The van der Waals surface area contributed by atoms with Crippen LogP contribution in [0.2, 0.25) is 0 Å². The van der Waals surface area contributed by atoms with Gasteiger partial charge in [-0.3, -0.25) is 10.1 Å². The lowest BCUT2D eigenvalue weighted by Crippen LogP contribution is -2.41. The molecule has 1 rings (SSSR count). The molecule has 100 valence electrons. The van der Waals surface area contributed by atoms with Crippen LogP contribution in [-0.2, 0) is 14.3 Å². The average molecular weight is 256 g/mol. The Morgan fingerprint density at radius 1 is 1.44 bits per heavy atom. The zero-order chi connectivity index (χ0) is 13.5. The Labute approximate surface area is 104 Å². The highest BCUT2D eigenvalue weighted by Crippen LogP contribution is 2.15. The van der Waals surface area contributed by atoms with Crippen LogP contribution in [0.25, 0.3) is 0 Å². The summed E-state index contributed by atoms with van der Waals surface area (Å²) in [4.78, 5) is 34.5. The minimum atomic E-state index is -1.24. The summed E-state index contributed by atoms with van der Waals surface area (Å²) in [7, 11) is 1.60. The van der Waals surface area contributed by atoms with Crippen LogP contribution in [0.15, 0.2) is 12.2 Å². The second-order valence-corrected chi connectivity index (χ2v) is 4.02. The predicted octanol–water partition coefficient (Wildman–Crippen LogP) is -0.168. The van der Waals surface area contributed by atoms with E-state index in [9.17, 15) is 14.4 Å². The summed E-state index contributed by atoms with van der Waals surface area (Å²) >= 11 is 0. The van der Waals surface area contributed by atoms with Gasteiger partial charge in [0.25, 0.3) is 5.91 Å². The molecule has 0 saturated carbocycles. The summed E-state index contributed by atoms with van der Waals surface area (Å²) in [6.45, 7) is 1.68. The van der Waals surface area contributed by atoms with Crippen molar-refractivity contribution >= 4 is 17.9 Å². The molecular weight excluding hydrogens is 240 g/mol. The van der Waals surface area contributed by atoms with Crippen molar-refractivity contribution in [3.63, 3.8) is 0 Å². The largest absolute Gasteiger partial charge is 0.478 e. The highest BCUT2D eigenvalue weighted by molar-refractivity contribution is 6.02. The molecule has 1 saturated heterocycles. The lowest BCUT2D eigenvalue weighted by atomic mass is 10.1. The number of likely N-dealkylation sites (tertiary alicyclic amines) is 1. The smallest absolute Gasteiger partial charge is 0.328 e. The summed E-state index contributed by atoms with van der Waals surface area (Å²) in [5.41, 5.74) is 0. The van der Waals surface area contributed by atoms with Crippen LogP contribution in [-0.4, -0.2) is 54.7 Å². The molecule has 1 fully saturated rings. The number of aliphatic carboxylic acids is 1. The number of carboxylic acid groups (broad SMARTS) is 1. The molecule has 0 aromatic carbocycles. The maximum atomic E-state index is 11.6. The van der Waals surface area contributed by atoms with Gasteiger partial charge in [-0.2, -0.15) is 0 Å². The molecule has 7 nitrogen and oxygen atoms in total. The van der Waals surface area contributed by atoms with Gasteiger partial charge in [0.2, 0.25) is 0 Å². The van der Waals surface area contributed by atoms with Crippen LogP contribution in [0.1, 0.15) is 6.42 Å². The van der Waals surface area contributed by atoms with Crippen molar-refractivity contribution in [3.8, 4) is 0 Å². The van der Waals surface area contributed by atoms with E-state index in [2.05, 4.69) is 5.32 Å². The van der Waals surface area contributed by atoms with Gasteiger partial charge in [0.1, 0.15) is 0 Å². The number of ether oxygens (including phenoxy) is 1. The average Bonchev–Trinajstić information content (AvgIpc) is 2.75. The lowest BCUT2D eigenvalue weighted by molar-refractivity contribution is -0.131. The fourth-order valence-electron chi connectivity index (χ4n) is 1.76. The van der Waals surface area contributed by atoms with Gasteiger partial charge >= 0.3 is 12.0 Å². The molecule has 18 heavy (non-hydrogen) atoms.